The highest BCUT2D eigenvalue weighted by Gasteiger charge is 2.15. The Morgan fingerprint density at radius 3 is 2.64 bits per heavy atom. The SMILES string of the molecule is Cc1ccn(C(=O)c2ccc(-n3cnnn3)c(C)c2)c(=NC2CCCCC2)c1. The van der Waals surface area contributed by atoms with Crippen LogP contribution in [0.5, 0.6) is 0 Å². The molecule has 1 aliphatic carbocycles. The van der Waals surface area contributed by atoms with Gasteiger partial charge in [-0.2, -0.15) is 0 Å². The second kappa shape index (κ2) is 7.88. The second-order valence-electron chi connectivity index (χ2n) is 7.41. The molecule has 7 nitrogen and oxygen atoms in total. The molecule has 3 aromatic rings. The maximum atomic E-state index is 13.2. The average Bonchev–Trinajstić information content (AvgIpc) is 3.23. The maximum Gasteiger partial charge on any atom is 0.263 e. The van der Waals surface area contributed by atoms with Crippen molar-refractivity contribution in [1.82, 2.24) is 24.8 Å². The zero-order chi connectivity index (χ0) is 19.5. The number of aromatic nitrogens is 5. The number of carbonyl (C=O) groups excluding carboxylic acids is 1. The van der Waals surface area contributed by atoms with Crippen molar-refractivity contribution in [2.75, 3.05) is 0 Å². The summed E-state index contributed by atoms with van der Waals surface area (Å²) in [7, 11) is 0. The van der Waals surface area contributed by atoms with Crippen molar-refractivity contribution < 1.29 is 4.79 Å². The van der Waals surface area contributed by atoms with Crippen molar-refractivity contribution in [3.63, 3.8) is 0 Å². The Morgan fingerprint density at radius 2 is 1.93 bits per heavy atom. The number of pyridine rings is 1. The van der Waals surface area contributed by atoms with Crippen LogP contribution in [0, 0.1) is 13.8 Å². The number of nitrogens with zero attached hydrogens (tertiary/aromatic N) is 6. The third-order valence-corrected chi connectivity index (χ3v) is 5.24. The molecular formula is C21H24N6O. The summed E-state index contributed by atoms with van der Waals surface area (Å²) in [6.45, 7) is 3.97. The third kappa shape index (κ3) is 3.78. The molecule has 0 radical (unpaired) electrons. The first-order valence-corrected chi connectivity index (χ1v) is 9.74. The first-order chi connectivity index (χ1) is 13.6. The Bertz CT molecular complexity index is 1050. The zero-order valence-electron chi connectivity index (χ0n) is 16.2. The molecule has 0 amide bonds. The molecule has 144 valence electrons. The lowest BCUT2D eigenvalue weighted by Crippen LogP contribution is -2.30. The molecule has 0 N–H and O–H groups in total. The fourth-order valence-corrected chi connectivity index (χ4v) is 3.71. The lowest BCUT2D eigenvalue weighted by Gasteiger charge is -2.18. The van der Waals surface area contributed by atoms with E-state index < -0.39 is 0 Å². The Morgan fingerprint density at radius 1 is 1.11 bits per heavy atom. The largest absolute Gasteiger partial charge is 0.268 e. The average molecular weight is 376 g/mol. The minimum atomic E-state index is -0.0825. The molecule has 1 saturated carbocycles. The number of tetrazole rings is 1. The van der Waals surface area contributed by atoms with Crippen molar-refractivity contribution in [3.8, 4) is 5.69 Å². The third-order valence-electron chi connectivity index (χ3n) is 5.24. The molecule has 7 heteroatoms. The number of hydrogen-bond acceptors (Lipinski definition) is 5. The van der Waals surface area contributed by atoms with Crippen molar-refractivity contribution in [3.05, 3.63) is 65.0 Å². The van der Waals surface area contributed by atoms with Crippen LogP contribution in [0.15, 0.2) is 47.8 Å². The van der Waals surface area contributed by atoms with Crippen LogP contribution in [0.1, 0.15) is 53.6 Å². The van der Waals surface area contributed by atoms with Gasteiger partial charge in [-0.15, -0.1) is 5.10 Å². The highest BCUT2D eigenvalue weighted by Crippen LogP contribution is 2.20. The topological polar surface area (TPSA) is 78.0 Å². The van der Waals surface area contributed by atoms with Gasteiger partial charge in [-0.1, -0.05) is 19.3 Å². The summed E-state index contributed by atoms with van der Waals surface area (Å²) in [4.78, 5) is 18.1. The molecule has 28 heavy (non-hydrogen) atoms. The minimum Gasteiger partial charge on any atom is -0.268 e. The summed E-state index contributed by atoms with van der Waals surface area (Å²) in [6, 6.07) is 9.79. The summed E-state index contributed by atoms with van der Waals surface area (Å²) in [5.41, 5.74) is 4.23. The van der Waals surface area contributed by atoms with Crippen LogP contribution in [0.25, 0.3) is 5.69 Å². The summed E-state index contributed by atoms with van der Waals surface area (Å²) in [5.74, 6) is -0.0825. The van der Waals surface area contributed by atoms with Crippen LogP contribution < -0.4 is 5.49 Å². The van der Waals surface area contributed by atoms with E-state index in [0.717, 1.165) is 35.1 Å². The van der Waals surface area contributed by atoms with Gasteiger partial charge >= 0.3 is 0 Å². The lowest BCUT2D eigenvalue weighted by atomic mass is 9.96. The van der Waals surface area contributed by atoms with Gasteiger partial charge in [0.15, 0.2) is 0 Å². The van der Waals surface area contributed by atoms with E-state index in [4.69, 9.17) is 4.99 Å². The van der Waals surface area contributed by atoms with E-state index in [1.807, 2.05) is 50.4 Å². The summed E-state index contributed by atoms with van der Waals surface area (Å²) in [6.07, 6.45) is 9.27. The normalized spacial score (nSPS) is 15.7. The number of carbonyl (C=O) groups is 1. The van der Waals surface area contributed by atoms with Gasteiger partial charge in [0.05, 0.1) is 11.7 Å². The number of aryl methyl sites for hydroxylation is 2. The standard InChI is InChI=1S/C21H24N6O/c1-15-10-11-26(20(12-15)23-18-6-4-3-5-7-18)21(28)17-8-9-19(16(2)13-17)27-14-22-24-25-27/h8-14,18H,3-7H2,1-2H3. The molecule has 4 rings (SSSR count). The predicted molar refractivity (Wildman–Crippen MR) is 105 cm³/mol. The van der Waals surface area contributed by atoms with Gasteiger partial charge in [-0.05, 0) is 78.6 Å². The Balaban J connectivity index is 1.70. The van der Waals surface area contributed by atoms with Gasteiger partial charge in [-0.3, -0.25) is 14.4 Å². The molecule has 2 heterocycles. The monoisotopic (exact) mass is 376 g/mol. The molecule has 1 fully saturated rings. The van der Waals surface area contributed by atoms with Gasteiger partial charge in [0.25, 0.3) is 5.91 Å². The summed E-state index contributed by atoms with van der Waals surface area (Å²) < 4.78 is 3.25. The predicted octanol–water partition coefficient (Wildman–Crippen LogP) is 3.00. The van der Waals surface area contributed by atoms with Crippen LogP contribution in [-0.4, -0.2) is 36.7 Å². The molecule has 0 unspecified atom stereocenters. The molecule has 0 bridgehead atoms. The van der Waals surface area contributed by atoms with E-state index >= 15 is 0 Å². The Kier molecular flexibility index (Phi) is 5.14. The molecule has 0 saturated heterocycles. The minimum absolute atomic E-state index is 0.0825. The van der Waals surface area contributed by atoms with Crippen LogP contribution in [0.3, 0.4) is 0 Å². The summed E-state index contributed by atoms with van der Waals surface area (Å²) in [5, 5.41) is 11.3. The maximum absolute atomic E-state index is 13.2. The fourth-order valence-electron chi connectivity index (χ4n) is 3.71. The van der Waals surface area contributed by atoms with Gasteiger partial charge in [0.2, 0.25) is 0 Å². The van der Waals surface area contributed by atoms with E-state index in [0.29, 0.717) is 11.6 Å². The van der Waals surface area contributed by atoms with E-state index in [1.54, 1.807) is 15.6 Å². The first kappa shape index (κ1) is 18.3. The van der Waals surface area contributed by atoms with Crippen molar-refractivity contribution in [2.45, 2.75) is 52.0 Å². The molecular weight excluding hydrogens is 352 g/mol. The molecule has 0 atom stereocenters. The molecule has 1 aliphatic rings. The van der Waals surface area contributed by atoms with E-state index in [1.165, 1.54) is 19.3 Å². The van der Waals surface area contributed by atoms with Gasteiger partial charge in [0.1, 0.15) is 11.8 Å². The number of hydrogen-bond donors (Lipinski definition) is 0. The molecule has 0 aliphatic heterocycles. The molecule has 1 aromatic carbocycles. The first-order valence-electron chi connectivity index (χ1n) is 9.74. The molecule has 0 spiro atoms. The van der Waals surface area contributed by atoms with Crippen LogP contribution >= 0.6 is 0 Å². The lowest BCUT2D eigenvalue weighted by molar-refractivity contribution is 0.0954. The van der Waals surface area contributed by atoms with E-state index in [9.17, 15) is 4.79 Å². The second-order valence-corrected chi connectivity index (χ2v) is 7.41. The Hall–Kier alpha value is -3.09. The van der Waals surface area contributed by atoms with Gasteiger partial charge < -0.3 is 0 Å². The van der Waals surface area contributed by atoms with Crippen LogP contribution in [-0.2, 0) is 0 Å². The zero-order valence-corrected chi connectivity index (χ0v) is 16.2. The highest BCUT2D eigenvalue weighted by molar-refractivity contribution is 5.96. The quantitative estimate of drug-likeness (QED) is 0.704. The van der Waals surface area contributed by atoms with Crippen molar-refractivity contribution in [2.24, 2.45) is 4.99 Å². The van der Waals surface area contributed by atoms with Gasteiger partial charge in [-0.25, -0.2) is 4.68 Å². The van der Waals surface area contributed by atoms with Crippen molar-refractivity contribution in [1.29, 1.82) is 0 Å². The number of benzene rings is 1. The van der Waals surface area contributed by atoms with Crippen molar-refractivity contribution >= 4 is 5.91 Å². The highest BCUT2D eigenvalue weighted by atomic mass is 16.2. The smallest absolute Gasteiger partial charge is 0.263 e. The molecule has 2 aromatic heterocycles. The van der Waals surface area contributed by atoms with Gasteiger partial charge in [0, 0.05) is 11.8 Å². The fraction of sp³-hybridized carbons (Fsp3) is 0.381. The van der Waals surface area contributed by atoms with Crippen LogP contribution in [0.4, 0.5) is 0 Å². The summed E-state index contributed by atoms with van der Waals surface area (Å²) >= 11 is 0. The Labute approximate surface area is 163 Å². The number of rotatable bonds is 3. The van der Waals surface area contributed by atoms with E-state index in [2.05, 4.69) is 15.5 Å². The van der Waals surface area contributed by atoms with E-state index in [-0.39, 0.29) is 5.91 Å². The van der Waals surface area contributed by atoms with Crippen LogP contribution in [0.2, 0.25) is 0 Å².